The van der Waals surface area contributed by atoms with Crippen LogP contribution in [-0.2, 0) is 19.5 Å². The molecule has 0 saturated heterocycles. The number of benzene rings is 2. The highest BCUT2D eigenvalue weighted by Gasteiger charge is 2.15. The maximum atomic E-state index is 11.1. The van der Waals surface area contributed by atoms with E-state index in [1.54, 1.807) is 18.3 Å². The van der Waals surface area contributed by atoms with Crippen molar-refractivity contribution in [2.75, 3.05) is 6.54 Å². The smallest absolute Gasteiger partial charge is 0.270 e. The minimum absolute atomic E-state index is 0.00530. The van der Waals surface area contributed by atoms with Gasteiger partial charge in [-0.15, -0.1) is 0 Å². The second-order valence-corrected chi connectivity index (χ2v) is 6.48. The molecule has 0 aliphatic heterocycles. The first kappa shape index (κ1) is 19.3. The predicted octanol–water partition coefficient (Wildman–Crippen LogP) is 3.65. The maximum Gasteiger partial charge on any atom is 0.270 e. The van der Waals surface area contributed by atoms with E-state index in [1.807, 2.05) is 35.2 Å². The monoisotopic (exact) mass is 379 g/mol. The van der Waals surface area contributed by atoms with Crippen LogP contribution < -0.4 is 0 Å². The third-order valence-electron chi connectivity index (χ3n) is 4.46. The number of aromatic nitrogens is 1. The van der Waals surface area contributed by atoms with Gasteiger partial charge in [-0.2, -0.15) is 0 Å². The van der Waals surface area contributed by atoms with E-state index >= 15 is 0 Å². The lowest BCUT2D eigenvalue weighted by Gasteiger charge is -2.23. The molecule has 0 saturated carbocycles. The number of rotatable bonds is 8. The minimum atomic E-state index is -0.482. The molecule has 0 fully saturated rings. The molecular formula is C21H21N3O4. The summed E-state index contributed by atoms with van der Waals surface area (Å²) >= 11 is 0. The Hall–Kier alpha value is -3.45. The van der Waals surface area contributed by atoms with Gasteiger partial charge in [-0.3, -0.25) is 20.0 Å². The summed E-state index contributed by atoms with van der Waals surface area (Å²) in [6.45, 7) is 1.34. The largest absolute Gasteiger partial charge is 0.508 e. The van der Waals surface area contributed by atoms with Crippen molar-refractivity contribution >= 4 is 5.69 Å². The number of hydrogen-bond acceptors (Lipinski definition) is 6. The van der Waals surface area contributed by atoms with Crippen molar-refractivity contribution in [2.24, 2.45) is 0 Å². The van der Waals surface area contributed by atoms with Gasteiger partial charge in [0.1, 0.15) is 11.5 Å². The van der Waals surface area contributed by atoms with Crippen LogP contribution in [0.5, 0.6) is 11.5 Å². The standard InChI is InChI=1S/C21H21N3O4/c25-20-7-2-1-5-16(20)14-23(12-10-18-6-3-4-11-22-18)15-17-13-19(24(27)28)8-9-21(17)26/h1-9,11,13,25-26H,10,12,14-15H2. The number of phenols is 2. The molecule has 0 aliphatic carbocycles. The summed E-state index contributed by atoms with van der Waals surface area (Å²) in [6.07, 6.45) is 2.40. The number of pyridine rings is 1. The molecule has 0 spiro atoms. The highest BCUT2D eigenvalue weighted by Crippen LogP contribution is 2.26. The van der Waals surface area contributed by atoms with Gasteiger partial charge in [0.25, 0.3) is 5.69 Å². The van der Waals surface area contributed by atoms with E-state index in [9.17, 15) is 20.3 Å². The lowest BCUT2D eigenvalue weighted by molar-refractivity contribution is -0.385. The predicted molar refractivity (Wildman–Crippen MR) is 105 cm³/mol. The zero-order valence-corrected chi connectivity index (χ0v) is 15.2. The normalized spacial score (nSPS) is 10.9. The summed E-state index contributed by atoms with van der Waals surface area (Å²) in [5.41, 5.74) is 2.06. The molecule has 1 heterocycles. The van der Waals surface area contributed by atoms with Gasteiger partial charge in [-0.05, 0) is 24.3 Å². The molecule has 0 bridgehead atoms. The number of nitro groups is 1. The molecule has 0 aliphatic rings. The molecule has 0 unspecified atom stereocenters. The quantitative estimate of drug-likeness (QED) is 0.458. The first-order valence-corrected chi connectivity index (χ1v) is 8.88. The Morgan fingerprint density at radius 1 is 0.929 bits per heavy atom. The zero-order valence-electron chi connectivity index (χ0n) is 15.2. The van der Waals surface area contributed by atoms with Crippen molar-refractivity contribution in [3.05, 3.63) is 93.8 Å². The van der Waals surface area contributed by atoms with E-state index in [1.165, 1.54) is 18.2 Å². The van der Waals surface area contributed by atoms with E-state index in [0.29, 0.717) is 31.6 Å². The Morgan fingerprint density at radius 3 is 2.36 bits per heavy atom. The molecule has 2 N–H and O–H groups in total. The summed E-state index contributed by atoms with van der Waals surface area (Å²) in [6, 6.07) is 16.8. The van der Waals surface area contributed by atoms with Crippen LogP contribution in [0.3, 0.4) is 0 Å². The van der Waals surface area contributed by atoms with E-state index < -0.39 is 4.92 Å². The summed E-state index contributed by atoms with van der Waals surface area (Å²) in [5, 5.41) is 31.3. The van der Waals surface area contributed by atoms with Gasteiger partial charge < -0.3 is 10.2 Å². The van der Waals surface area contributed by atoms with Gasteiger partial charge in [0.15, 0.2) is 0 Å². The summed E-state index contributed by atoms with van der Waals surface area (Å²) in [4.78, 5) is 16.9. The highest BCUT2D eigenvalue weighted by atomic mass is 16.6. The second kappa shape index (κ2) is 8.96. The molecule has 2 aromatic carbocycles. The summed E-state index contributed by atoms with van der Waals surface area (Å²) in [7, 11) is 0. The van der Waals surface area contributed by atoms with Crippen molar-refractivity contribution < 1.29 is 15.1 Å². The Morgan fingerprint density at radius 2 is 1.64 bits per heavy atom. The first-order chi connectivity index (χ1) is 13.5. The SMILES string of the molecule is O=[N+]([O-])c1ccc(O)c(CN(CCc2ccccn2)Cc2ccccc2O)c1. The number of phenolic OH excluding ortho intramolecular Hbond substituents is 2. The molecule has 7 heteroatoms. The molecule has 28 heavy (non-hydrogen) atoms. The summed E-state index contributed by atoms with van der Waals surface area (Å²) < 4.78 is 0. The number of non-ortho nitro benzene ring substituents is 1. The molecule has 0 radical (unpaired) electrons. The molecule has 0 atom stereocenters. The molecule has 144 valence electrons. The van der Waals surface area contributed by atoms with Gasteiger partial charge >= 0.3 is 0 Å². The molecule has 7 nitrogen and oxygen atoms in total. The number of nitro benzene ring substituents is 1. The van der Waals surface area contributed by atoms with Gasteiger partial charge in [-0.25, -0.2) is 0 Å². The molecule has 3 aromatic rings. The maximum absolute atomic E-state index is 11.1. The minimum Gasteiger partial charge on any atom is -0.508 e. The van der Waals surface area contributed by atoms with Crippen molar-refractivity contribution in [1.29, 1.82) is 0 Å². The highest BCUT2D eigenvalue weighted by molar-refractivity contribution is 5.43. The van der Waals surface area contributed by atoms with Crippen molar-refractivity contribution in [2.45, 2.75) is 19.5 Å². The number of nitrogens with zero attached hydrogens (tertiary/aromatic N) is 3. The van der Waals surface area contributed by atoms with E-state index in [2.05, 4.69) is 4.98 Å². The van der Waals surface area contributed by atoms with Crippen LogP contribution in [0.25, 0.3) is 0 Å². The van der Waals surface area contributed by atoms with Gasteiger partial charge in [0.05, 0.1) is 4.92 Å². The van der Waals surface area contributed by atoms with Crippen LogP contribution in [-0.4, -0.2) is 31.6 Å². The van der Waals surface area contributed by atoms with Crippen LogP contribution in [0.1, 0.15) is 16.8 Å². The van der Waals surface area contributed by atoms with E-state index in [4.69, 9.17) is 0 Å². The number of para-hydroxylation sites is 1. The fourth-order valence-corrected chi connectivity index (χ4v) is 2.97. The fourth-order valence-electron chi connectivity index (χ4n) is 2.97. The van der Waals surface area contributed by atoms with E-state index in [0.717, 1.165) is 11.3 Å². The van der Waals surface area contributed by atoms with Crippen molar-refractivity contribution in [3.8, 4) is 11.5 Å². The Balaban J connectivity index is 1.82. The Bertz CT molecular complexity index is 947. The van der Waals surface area contributed by atoms with Gasteiger partial charge in [0.2, 0.25) is 0 Å². The third kappa shape index (κ3) is 5.05. The molecule has 1 aromatic heterocycles. The van der Waals surface area contributed by atoms with Crippen LogP contribution >= 0.6 is 0 Å². The van der Waals surface area contributed by atoms with Crippen LogP contribution in [0.4, 0.5) is 5.69 Å². The molecule has 0 amide bonds. The zero-order chi connectivity index (χ0) is 19.9. The van der Waals surface area contributed by atoms with Gasteiger partial charge in [-0.1, -0.05) is 24.3 Å². The topological polar surface area (TPSA) is 99.7 Å². The van der Waals surface area contributed by atoms with E-state index in [-0.39, 0.29) is 17.2 Å². The van der Waals surface area contributed by atoms with Crippen LogP contribution in [0.2, 0.25) is 0 Å². The van der Waals surface area contributed by atoms with Gasteiger partial charge in [0, 0.05) is 61.2 Å². The van der Waals surface area contributed by atoms with Crippen molar-refractivity contribution in [1.82, 2.24) is 9.88 Å². The summed E-state index contributed by atoms with van der Waals surface area (Å²) in [5.74, 6) is 0.194. The Labute approximate surface area is 162 Å². The average molecular weight is 379 g/mol. The number of aromatic hydroxyl groups is 2. The first-order valence-electron chi connectivity index (χ1n) is 8.88. The second-order valence-electron chi connectivity index (χ2n) is 6.48. The Kier molecular flexibility index (Phi) is 6.18. The van der Waals surface area contributed by atoms with Crippen LogP contribution in [0, 0.1) is 10.1 Å². The van der Waals surface area contributed by atoms with Crippen molar-refractivity contribution in [3.63, 3.8) is 0 Å². The molecule has 3 rings (SSSR count). The van der Waals surface area contributed by atoms with Crippen LogP contribution in [0.15, 0.2) is 66.9 Å². The number of hydrogen-bond donors (Lipinski definition) is 2. The third-order valence-corrected chi connectivity index (χ3v) is 4.46. The average Bonchev–Trinajstić information content (AvgIpc) is 2.70. The fraction of sp³-hybridized carbons (Fsp3) is 0.190. The molecular weight excluding hydrogens is 358 g/mol. The lowest BCUT2D eigenvalue weighted by atomic mass is 10.1. The lowest BCUT2D eigenvalue weighted by Crippen LogP contribution is -2.25.